The standard InChI is InChI=1S/C16H27N5/c1-11(2)12(9-10-17)5-7-14-18-13-6-8-15(21(3)4)20-16(13)19-14/h6,8,11-12H,5,7,9-10,17H2,1-4H3,(H,18,19,20). The summed E-state index contributed by atoms with van der Waals surface area (Å²) in [6, 6.07) is 4.06. The molecule has 5 nitrogen and oxygen atoms in total. The maximum atomic E-state index is 5.70. The van der Waals surface area contributed by atoms with Crippen molar-refractivity contribution in [3.05, 3.63) is 18.0 Å². The first-order valence-electron chi connectivity index (χ1n) is 7.74. The van der Waals surface area contributed by atoms with E-state index in [0.29, 0.717) is 11.8 Å². The summed E-state index contributed by atoms with van der Waals surface area (Å²) in [7, 11) is 3.98. The molecule has 2 aromatic rings. The normalized spacial score (nSPS) is 13.0. The van der Waals surface area contributed by atoms with Crippen LogP contribution in [0.1, 0.15) is 32.5 Å². The summed E-state index contributed by atoms with van der Waals surface area (Å²) < 4.78 is 0. The number of fused-ring (bicyclic) bond motifs is 1. The molecular formula is C16H27N5. The Bertz CT molecular complexity index is 573. The van der Waals surface area contributed by atoms with E-state index >= 15 is 0 Å². The number of hydrogen-bond acceptors (Lipinski definition) is 4. The number of nitrogens with zero attached hydrogens (tertiary/aromatic N) is 3. The second kappa shape index (κ2) is 6.89. The molecule has 0 radical (unpaired) electrons. The molecule has 3 N–H and O–H groups in total. The molecule has 5 heteroatoms. The van der Waals surface area contributed by atoms with Gasteiger partial charge in [-0.2, -0.15) is 0 Å². The van der Waals surface area contributed by atoms with Gasteiger partial charge in [-0.05, 0) is 43.4 Å². The number of pyridine rings is 1. The highest BCUT2D eigenvalue weighted by molar-refractivity contribution is 5.73. The van der Waals surface area contributed by atoms with Gasteiger partial charge in [0.05, 0.1) is 5.52 Å². The molecule has 0 bridgehead atoms. The van der Waals surface area contributed by atoms with Crippen LogP contribution in [0.25, 0.3) is 11.2 Å². The van der Waals surface area contributed by atoms with Crippen LogP contribution in [-0.4, -0.2) is 35.6 Å². The molecule has 2 heterocycles. The third-order valence-corrected chi connectivity index (χ3v) is 4.07. The van der Waals surface area contributed by atoms with Gasteiger partial charge in [-0.1, -0.05) is 13.8 Å². The Morgan fingerprint density at radius 1 is 1.19 bits per heavy atom. The van der Waals surface area contributed by atoms with Crippen LogP contribution in [0.5, 0.6) is 0 Å². The first kappa shape index (κ1) is 15.8. The van der Waals surface area contributed by atoms with Gasteiger partial charge in [0.25, 0.3) is 0 Å². The zero-order valence-corrected chi connectivity index (χ0v) is 13.6. The van der Waals surface area contributed by atoms with E-state index < -0.39 is 0 Å². The average Bonchev–Trinajstić information content (AvgIpc) is 2.84. The zero-order valence-electron chi connectivity index (χ0n) is 13.6. The van der Waals surface area contributed by atoms with Crippen molar-refractivity contribution in [2.45, 2.75) is 33.1 Å². The van der Waals surface area contributed by atoms with E-state index in [1.54, 1.807) is 0 Å². The van der Waals surface area contributed by atoms with E-state index in [1.165, 1.54) is 0 Å². The van der Waals surface area contributed by atoms with Gasteiger partial charge >= 0.3 is 0 Å². The lowest BCUT2D eigenvalue weighted by atomic mass is 9.88. The molecule has 0 saturated heterocycles. The molecule has 1 atom stereocenters. The van der Waals surface area contributed by atoms with Crippen molar-refractivity contribution in [2.24, 2.45) is 17.6 Å². The fourth-order valence-electron chi connectivity index (χ4n) is 2.65. The Balaban J connectivity index is 2.08. The fraction of sp³-hybridized carbons (Fsp3) is 0.625. The number of aryl methyl sites for hydroxylation is 1. The first-order chi connectivity index (χ1) is 10.0. The molecule has 0 aliphatic rings. The number of anilines is 1. The summed E-state index contributed by atoms with van der Waals surface area (Å²) in [5, 5.41) is 0. The van der Waals surface area contributed by atoms with Crippen LogP contribution >= 0.6 is 0 Å². The predicted octanol–water partition coefficient (Wildman–Crippen LogP) is 2.58. The number of nitrogens with two attached hydrogens (primary N) is 1. The summed E-state index contributed by atoms with van der Waals surface area (Å²) >= 11 is 0. The van der Waals surface area contributed by atoms with Gasteiger partial charge in [0.1, 0.15) is 11.6 Å². The van der Waals surface area contributed by atoms with E-state index in [4.69, 9.17) is 5.73 Å². The molecule has 0 amide bonds. The number of aromatic nitrogens is 3. The molecule has 116 valence electrons. The maximum Gasteiger partial charge on any atom is 0.179 e. The van der Waals surface area contributed by atoms with Crippen molar-refractivity contribution < 1.29 is 0 Å². The van der Waals surface area contributed by atoms with Crippen LogP contribution in [0, 0.1) is 11.8 Å². The smallest absolute Gasteiger partial charge is 0.179 e. The maximum absolute atomic E-state index is 5.70. The summed E-state index contributed by atoms with van der Waals surface area (Å²) in [6.07, 6.45) is 3.16. The van der Waals surface area contributed by atoms with Crippen LogP contribution < -0.4 is 10.6 Å². The third kappa shape index (κ3) is 3.94. The van der Waals surface area contributed by atoms with Crippen molar-refractivity contribution >= 4 is 17.0 Å². The molecular weight excluding hydrogens is 262 g/mol. The van der Waals surface area contributed by atoms with Crippen LogP contribution in [0.3, 0.4) is 0 Å². The summed E-state index contributed by atoms with van der Waals surface area (Å²) in [5.41, 5.74) is 7.52. The summed E-state index contributed by atoms with van der Waals surface area (Å²) in [5.74, 6) is 3.28. The zero-order chi connectivity index (χ0) is 15.4. The van der Waals surface area contributed by atoms with Crippen LogP contribution in [0.2, 0.25) is 0 Å². The number of aromatic amines is 1. The lowest BCUT2D eigenvalue weighted by Gasteiger charge is -2.19. The van der Waals surface area contributed by atoms with Gasteiger partial charge < -0.3 is 15.6 Å². The number of H-pyrrole nitrogens is 1. The van der Waals surface area contributed by atoms with Gasteiger partial charge in [0, 0.05) is 20.5 Å². The van der Waals surface area contributed by atoms with Crippen molar-refractivity contribution in [2.75, 3.05) is 25.5 Å². The molecule has 0 aliphatic carbocycles. The fourth-order valence-corrected chi connectivity index (χ4v) is 2.65. The topological polar surface area (TPSA) is 70.8 Å². The second-order valence-electron chi connectivity index (χ2n) is 6.24. The predicted molar refractivity (Wildman–Crippen MR) is 88.5 cm³/mol. The van der Waals surface area contributed by atoms with Gasteiger partial charge in [-0.25, -0.2) is 9.97 Å². The lowest BCUT2D eigenvalue weighted by molar-refractivity contribution is 0.339. The summed E-state index contributed by atoms with van der Waals surface area (Å²) in [6.45, 7) is 5.30. The van der Waals surface area contributed by atoms with Crippen molar-refractivity contribution in [3.63, 3.8) is 0 Å². The van der Waals surface area contributed by atoms with Crippen LogP contribution in [0.4, 0.5) is 5.82 Å². The van der Waals surface area contributed by atoms with E-state index in [9.17, 15) is 0 Å². The van der Waals surface area contributed by atoms with Gasteiger partial charge in [0.15, 0.2) is 5.65 Å². The number of nitrogens with one attached hydrogen (secondary N) is 1. The van der Waals surface area contributed by atoms with Gasteiger partial charge in [0.2, 0.25) is 0 Å². The highest BCUT2D eigenvalue weighted by Crippen LogP contribution is 2.21. The first-order valence-corrected chi connectivity index (χ1v) is 7.74. The Labute approximate surface area is 127 Å². The number of rotatable bonds is 7. The average molecular weight is 289 g/mol. The second-order valence-corrected chi connectivity index (χ2v) is 6.24. The van der Waals surface area contributed by atoms with Gasteiger partial charge in [-0.15, -0.1) is 0 Å². The SMILES string of the molecule is CC(C)C(CCN)CCc1nc2nc(N(C)C)ccc2[nH]1. The minimum absolute atomic E-state index is 0.661. The Hall–Kier alpha value is -1.62. The molecule has 1 unspecified atom stereocenters. The highest BCUT2D eigenvalue weighted by Gasteiger charge is 2.14. The molecule has 21 heavy (non-hydrogen) atoms. The van der Waals surface area contributed by atoms with E-state index in [2.05, 4.69) is 28.8 Å². The quantitative estimate of drug-likeness (QED) is 0.822. The Kier molecular flexibility index (Phi) is 5.17. The van der Waals surface area contributed by atoms with Gasteiger partial charge in [-0.3, -0.25) is 0 Å². The summed E-state index contributed by atoms with van der Waals surface area (Å²) in [4.78, 5) is 14.5. The van der Waals surface area contributed by atoms with E-state index in [-0.39, 0.29) is 0 Å². The Morgan fingerprint density at radius 3 is 2.57 bits per heavy atom. The molecule has 0 aromatic carbocycles. The largest absolute Gasteiger partial charge is 0.363 e. The van der Waals surface area contributed by atoms with Crippen molar-refractivity contribution in [1.29, 1.82) is 0 Å². The van der Waals surface area contributed by atoms with Crippen molar-refractivity contribution in [3.8, 4) is 0 Å². The van der Waals surface area contributed by atoms with E-state index in [1.807, 2.05) is 31.1 Å². The van der Waals surface area contributed by atoms with Crippen LogP contribution in [0.15, 0.2) is 12.1 Å². The molecule has 0 aliphatic heterocycles. The molecule has 0 fully saturated rings. The number of imidazole rings is 1. The third-order valence-electron chi connectivity index (χ3n) is 4.07. The Morgan fingerprint density at radius 2 is 1.95 bits per heavy atom. The van der Waals surface area contributed by atoms with E-state index in [0.717, 1.165) is 48.6 Å². The lowest BCUT2D eigenvalue weighted by Crippen LogP contribution is -2.15. The monoisotopic (exact) mass is 289 g/mol. The highest BCUT2D eigenvalue weighted by atomic mass is 15.1. The minimum atomic E-state index is 0.661. The van der Waals surface area contributed by atoms with Crippen molar-refractivity contribution in [1.82, 2.24) is 15.0 Å². The molecule has 0 spiro atoms. The minimum Gasteiger partial charge on any atom is -0.363 e. The molecule has 2 rings (SSSR count). The number of hydrogen-bond donors (Lipinski definition) is 2. The van der Waals surface area contributed by atoms with Crippen LogP contribution in [-0.2, 0) is 6.42 Å². The molecule has 2 aromatic heterocycles. The molecule has 0 saturated carbocycles.